The molecule has 1 unspecified atom stereocenters. The van der Waals surface area contributed by atoms with Crippen molar-refractivity contribution in [1.29, 1.82) is 0 Å². The molecule has 0 aliphatic rings. The predicted octanol–water partition coefficient (Wildman–Crippen LogP) is 4.79. The molecule has 116 valence electrons. The summed E-state index contributed by atoms with van der Waals surface area (Å²) in [6, 6.07) is 0. The van der Waals surface area contributed by atoms with Gasteiger partial charge < -0.3 is 13.3 Å². The summed E-state index contributed by atoms with van der Waals surface area (Å²) in [5, 5.41) is 0. The molecule has 0 amide bonds. The average Bonchev–Trinajstić information content (AvgIpc) is 2.44. The predicted molar refractivity (Wildman–Crippen MR) is 83.4 cm³/mol. The molecule has 3 nitrogen and oxygen atoms in total. The standard InChI is InChI=1S/C15H34O3Si/c1-6-11-15(10-5)19(16-12-7-2,17-13-8-3)18-14-9-4/h15H,6-14H2,1-5H3. The molecule has 0 aliphatic carbocycles. The lowest BCUT2D eigenvalue weighted by molar-refractivity contribution is 0.0476. The lowest BCUT2D eigenvalue weighted by Gasteiger charge is -2.35. The SMILES string of the molecule is CCCO[Si](OCCC)(OCCC)C(CC)CCC. The third-order valence-electron chi connectivity index (χ3n) is 3.15. The Balaban J connectivity index is 4.92. The van der Waals surface area contributed by atoms with E-state index in [0.717, 1.165) is 58.3 Å². The zero-order chi connectivity index (χ0) is 14.6. The van der Waals surface area contributed by atoms with E-state index in [1.54, 1.807) is 0 Å². The van der Waals surface area contributed by atoms with Gasteiger partial charge in [0.2, 0.25) is 0 Å². The first-order valence-corrected chi connectivity index (χ1v) is 9.92. The molecule has 1 atom stereocenters. The van der Waals surface area contributed by atoms with Gasteiger partial charge in [0.1, 0.15) is 0 Å². The van der Waals surface area contributed by atoms with E-state index in [4.69, 9.17) is 13.3 Å². The Labute approximate surface area is 121 Å². The first-order valence-electron chi connectivity index (χ1n) is 8.12. The summed E-state index contributed by atoms with van der Waals surface area (Å²) in [6.07, 6.45) is 6.43. The molecule has 0 fully saturated rings. The van der Waals surface area contributed by atoms with Crippen molar-refractivity contribution in [2.75, 3.05) is 19.8 Å². The van der Waals surface area contributed by atoms with Gasteiger partial charge in [-0.1, -0.05) is 41.0 Å². The highest BCUT2D eigenvalue weighted by atomic mass is 28.4. The van der Waals surface area contributed by atoms with E-state index in [1.165, 1.54) is 0 Å². The lowest BCUT2D eigenvalue weighted by Crippen LogP contribution is -2.50. The van der Waals surface area contributed by atoms with Crippen LogP contribution in [0.1, 0.15) is 73.1 Å². The van der Waals surface area contributed by atoms with Crippen molar-refractivity contribution < 1.29 is 13.3 Å². The maximum absolute atomic E-state index is 6.18. The summed E-state index contributed by atoms with van der Waals surface area (Å²) in [5.41, 5.74) is 0.446. The Morgan fingerprint density at radius 1 is 0.684 bits per heavy atom. The summed E-state index contributed by atoms with van der Waals surface area (Å²) in [7, 11) is -2.51. The van der Waals surface area contributed by atoms with Crippen molar-refractivity contribution in [3.63, 3.8) is 0 Å². The van der Waals surface area contributed by atoms with Crippen LogP contribution >= 0.6 is 0 Å². The Morgan fingerprint density at radius 2 is 1.11 bits per heavy atom. The van der Waals surface area contributed by atoms with Crippen molar-refractivity contribution in [3.8, 4) is 0 Å². The molecule has 0 aromatic heterocycles. The van der Waals surface area contributed by atoms with Crippen LogP contribution in [0.4, 0.5) is 0 Å². The van der Waals surface area contributed by atoms with E-state index in [2.05, 4.69) is 34.6 Å². The first kappa shape index (κ1) is 19.1. The van der Waals surface area contributed by atoms with Gasteiger partial charge in [0.05, 0.1) is 0 Å². The molecule has 0 aromatic carbocycles. The Bertz CT molecular complexity index is 178. The van der Waals surface area contributed by atoms with Crippen LogP contribution in [0.5, 0.6) is 0 Å². The molecule has 0 spiro atoms. The van der Waals surface area contributed by atoms with Crippen molar-refractivity contribution in [2.45, 2.75) is 78.7 Å². The monoisotopic (exact) mass is 290 g/mol. The van der Waals surface area contributed by atoms with Crippen LogP contribution in [0.2, 0.25) is 5.54 Å². The van der Waals surface area contributed by atoms with E-state index < -0.39 is 8.80 Å². The minimum atomic E-state index is -2.51. The minimum absolute atomic E-state index is 0.446. The fraction of sp³-hybridized carbons (Fsp3) is 1.00. The van der Waals surface area contributed by atoms with Crippen LogP contribution in [0.15, 0.2) is 0 Å². The molecule has 0 aliphatic heterocycles. The summed E-state index contributed by atoms with van der Waals surface area (Å²) in [4.78, 5) is 0. The average molecular weight is 291 g/mol. The molecule has 0 aromatic rings. The second kappa shape index (κ2) is 11.9. The number of rotatable bonds is 13. The largest absolute Gasteiger partial charge is 0.504 e. The van der Waals surface area contributed by atoms with Gasteiger partial charge in [-0.05, 0) is 32.1 Å². The second-order valence-corrected chi connectivity index (χ2v) is 7.93. The number of hydrogen-bond donors (Lipinski definition) is 0. The highest BCUT2D eigenvalue weighted by Crippen LogP contribution is 2.33. The number of hydrogen-bond acceptors (Lipinski definition) is 3. The smallest absolute Gasteiger partial charge is 0.373 e. The van der Waals surface area contributed by atoms with Crippen molar-refractivity contribution >= 4 is 8.80 Å². The van der Waals surface area contributed by atoms with Crippen LogP contribution < -0.4 is 0 Å². The molecule has 0 bridgehead atoms. The van der Waals surface area contributed by atoms with Crippen LogP contribution in [-0.2, 0) is 13.3 Å². The lowest BCUT2D eigenvalue weighted by atomic mass is 10.2. The van der Waals surface area contributed by atoms with Crippen molar-refractivity contribution in [2.24, 2.45) is 0 Å². The first-order chi connectivity index (χ1) is 9.20. The molecule has 0 rings (SSSR count). The third-order valence-corrected chi connectivity index (χ3v) is 6.67. The van der Waals surface area contributed by atoms with Gasteiger partial charge in [-0.15, -0.1) is 0 Å². The van der Waals surface area contributed by atoms with Crippen LogP contribution in [0.25, 0.3) is 0 Å². The molecule has 0 heterocycles. The van der Waals surface area contributed by atoms with E-state index in [-0.39, 0.29) is 0 Å². The molecule has 0 saturated heterocycles. The zero-order valence-corrected chi connectivity index (χ0v) is 14.7. The quantitative estimate of drug-likeness (QED) is 0.457. The van der Waals surface area contributed by atoms with E-state index in [9.17, 15) is 0 Å². The van der Waals surface area contributed by atoms with Gasteiger partial charge in [-0.3, -0.25) is 0 Å². The van der Waals surface area contributed by atoms with E-state index >= 15 is 0 Å². The summed E-state index contributed by atoms with van der Waals surface area (Å²) < 4.78 is 18.5. The Kier molecular flexibility index (Phi) is 11.9. The zero-order valence-electron chi connectivity index (χ0n) is 13.7. The molecule has 4 heteroatoms. The van der Waals surface area contributed by atoms with E-state index in [0.29, 0.717) is 5.54 Å². The molecule has 0 saturated carbocycles. The van der Waals surface area contributed by atoms with Gasteiger partial charge in [0.15, 0.2) is 0 Å². The highest BCUT2D eigenvalue weighted by Gasteiger charge is 2.48. The topological polar surface area (TPSA) is 27.7 Å². The fourth-order valence-corrected chi connectivity index (χ4v) is 5.76. The fourth-order valence-electron chi connectivity index (χ4n) is 2.19. The molecule has 0 N–H and O–H groups in total. The second-order valence-electron chi connectivity index (χ2n) is 5.04. The van der Waals surface area contributed by atoms with Crippen LogP contribution in [-0.4, -0.2) is 28.6 Å². The summed E-state index contributed by atoms with van der Waals surface area (Å²) in [6.45, 7) is 13.1. The highest BCUT2D eigenvalue weighted by molar-refractivity contribution is 6.62. The Hall–Kier alpha value is 0.0969. The van der Waals surface area contributed by atoms with Gasteiger partial charge in [0.25, 0.3) is 0 Å². The molecular formula is C15H34O3Si. The van der Waals surface area contributed by atoms with Gasteiger partial charge in [0, 0.05) is 25.4 Å². The molecular weight excluding hydrogens is 256 g/mol. The van der Waals surface area contributed by atoms with Gasteiger partial charge in [-0.2, -0.15) is 0 Å². The van der Waals surface area contributed by atoms with Crippen LogP contribution in [0.3, 0.4) is 0 Å². The normalized spacial score (nSPS) is 13.7. The minimum Gasteiger partial charge on any atom is -0.373 e. The Morgan fingerprint density at radius 3 is 1.37 bits per heavy atom. The summed E-state index contributed by atoms with van der Waals surface area (Å²) >= 11 is 0. The van der Waals surface area contributed by atoms with Crippen molar-refractivity contribution in [1.82, 2.24) is 0 Å². The van der Waals surface area contributed by atoms with Crippen molar-refractivity contribution in [3.05, 3.63) is 0 Å². The van der Waals surface area contributed by atoms with Gasteiger partial charge >= 0.3 is 8.80 Å². The third kappa shape index (κ3) is 6.89. The maximum Gasteiger partial charge on any atom is 0.504 e. The maximum atomic E-state index is 6.18. The van der Waals surface area contributed by atoms with Gasteiger partial charge in [-0.25, -0.2) is 0 Å². The van der Waals surface area contributed by atoms with E-state index in [1.807, 2.05) is 0 Å². The summed E-state index contributed by atoms with van der Waals surface area (Å²) in [5.74, 6) is 0. The molecule has 19 heavy (non-hydrogen) atoms. The molecule has 0 radical (unpaired) electrons. The van der Waals surface area contributed by atoms with Crippen LogP contribution in [0, 0.1) is 0 Å².